The lowest BCUT2D eigenvalue weighted by molar-refractivity contribution is -0.114. The number of carbonyl (C=O) groups is 1. The van der Waals surface area contributed by atoms with E-state index in [0.29, 0.717) is 35.5 Å². The summed E-state index contributed by atoms with van der Waals surface area (Å²) in [5, 5.41) is 13.3. The molecule has 1 aromatic carbocycles. The Labute approximate surface area is 220 Å². The molecule has 1 saturated carbocycles. The predicted molar refractivity (Wildman–Crippen MR) is 142 cm³/mol. The molecular weight excluding hydrogens is 524 g/mol. The number of pyridine rings is 2. The molecule has 1 aliphatic carbocycles. The lowest BCUT2D eigenvalue weighted by Crippen LogP contribution is -2.37. The first-order valence-corrected chi connectivity index (χ1v) is 13.1. The highest BCUT2D eigenvalue weighted by Crippen LogP contribution is 2.48. The minimum atomic E-state index is -1.63. The number of aliphatic hydroxyl groups is 1. The Bertz CT molecular complexity index is 1190. The second-order valence-corrected chi connectivity index (χ2v) is 10.4. The molecule has 1 aliphatic rings. The second kappa shape index (κ2) is 11.6. The van der Waals surface area contributed by atoms with Crippen LogP contribution in [0.1, 0.15) is 62.1 Å². The summed E-state index contributed by atoms with van der Waals surface area (Å²) in [5.74, 6) is 1.13. The maximum absolute atomic E-state index is 12.4. The molecule has 0 spiro atoms. The number of rotatable bonds is 10. The van der Waals surface area contributed by atoms with Crippen LogP contribution >= 0.6 is 15.9 Å². The maximum Gasteiger partial charge on any atom is 0.217 e. The number of methoxy groups -OCH3 is 3. The number of halogens is 1. The lowest BCUT2D eigenvalue weighted by Gasteiger charge is -2.38. The third kappa shape index (κ3) is 5.49. The van der Waals surface area contributed by atoms with Gasteiger partial charge in [0.25, 0.3) is 0 Å². The molecule has 1 fully saturated rings. The fraction of sp³-hybridized carbons (Fsp3) is 0.464. The van der Waals surface area contributed by atoms with E-state index in [9.17, 15) is 9.90 Å². The zero-order valence-corrected chi connectivity index (χ0v) is 22.6. The molecule has 8 heteroatoms. The Morgan fingerprint density at radius 2 is 1.83 bits per heavy atom. The first-order valence-electron chi connectivity index (χ1n) is 12.3. The monoisotopic (exact) mass is 556 g/mol. The molecule has 0 aliphatic heterocycles. The summed E-state index contributed by atoms with van der Waals surface area (Å²) < 4.78 is 17.5. The van der Waals surface area contributed by atoms with Gasteiger partial charge in [0.05, 0.1) is 32.5 Å². The van der Waals surface area contributed by atoms with E-state index in [2.05, 4.69) is 20.9 Å². The fourth-order valence-corrected chi connectivity index (χ4v) is 5.75. The van der Waals surface area contributed by atoms with E-state index in [4.69, 9.17) is 19.2 Å². The van der Waals surface area contributed by atoms with E-state index in [1.807, 2.05) is 24.3 Å². The van der Waals surface area contributed by atoms with Gasteiger partial charge in [-0.2, -0.15) is 0 Å². The highest BCUT2D eigenvalue weighted by Gasteiger charge is 2.44. The summed E-state index contributed by atoms with van der Waals surface area (Å²) in [4.78, 5) is 21.4. The number of nitrogens with zero attached hydrogens (tertiary/aromatic N) is 2. The standard InChI is InChI=1S/C28H33BrN2O5/c1-34-21-16-25(31-26(17-21)35-2)28(33,11-12-32)23(13-18-7-5-4-6-8-18)22-15-19-14-20(29)9-10-24(19)30-27(22)36-3/h9-10,12,14-18,23,33H,4-8,11,13H2,1-3H3. The van der Waals surface area contributed by atoms with Crippen molar-refractivity contribution in [1.29, 1.82) is 0 Å². The van der Waals surface area contributed by atoms with Crippen LogP contribution in [0.2, 0.25) is 0 Å². The minimum Gasteiger partial charge on any atom is -0.496 e. The van der Waals surface area contributed by atoms with Gasteiger partial charge in [0.1, 0.15) is 17.6 Å². The summed E-state index contributed by atoms with van der Waals surface area (Å²) in [5.41, 5.74) is 0.232. The van der Waals surface area contributed by atoms with Gasteiger partial charge in [0, 0.05) is 39.9 Å². The third-order valence-electron chi connectivity index (χ3n) is 7.27. The molecule has 7 nitrogen and oxygen atoms in total. The van der Waals surface area contributed by atoms with Crippen LogP contribution in [-0.2, 0) is 10.4 Å². The van der Waals surface area contributed by atoms with Crippen molar-refractivity contribution in [2.75, 3.05) is 21.3 Å². The normalized spacial score (nSPS) is 16.8. The van der Waals surface area contributed by atoms with Gasteiger partial charge in [-0.05, 0) is 36.6 Å². The van der Waals surface area contributed by atoms with Crippen LogP contribution < -0.4 is 14.2 Å². The van der Waals surface area contributed by atoms with E-state index < -0.39 is 11.5 Å². The molecule has 2 aromatic heterocycles. The number of aldehydes is 1. The van der Waals surface area contributed by atoms with Crippen molar-refractivity contribution in [1.82, 2.24) is 9.97 Å². The van der Waals surface area contributed by atoms with Gasteiger partial charge >= 0.3 is 0 Å². The average molecular weight is 557 g/mol. The van der Waals surface area contributed by atoms with Crippen LogP contribution in [0.15, 0.2) is 40.9 Å². The van der Waals surface area contributed by atoms with Crippen LogP contribution in [-0.4, -0.2) is 42.7 Å². The Morgan fingerprint density at radius 1 is 1.06 bits per heavy atom. The van der Waals surface area contributed by atoms with Crippen molar-refractivity contribution in [2.24, 2.45) is 5.92 Å². The molecule has 36 heavy (non-hydrogen) atoms. The number of aromatic nitrogens is 2. The highest BCUT2D eigenvalue weighted by atomic mass is 79.9. The molecule has 192 valence electrons. The molecule has 2 unspecified atom stereocenters. The Kier molecular flexibility index (Phi) is 8.46. The Hall–Kier alpha value is -2.71. The van der Waals surface area contributed by atoms with Gasteiger partial charge in [-0.3, -0.25) is 0 Å². The molecule has 0 radical (unpaired) electrons. The molecule has 0 bridgehead atoms. The molecule has 1 N–H and O–H groups in total. The van der Waals surface area contributed by atoms with Crippen molar-refractivity contribution in [2.45, 2.75) is 56.5 Å². The van der Waals surface area contributed by atoms with Crippen LogP contribution in [0.5, 0.6) is 17.5 Å². The first-order chi connectivity index (χ1) is 17.4. The van der Waals surface area contributed by atoms with Crippen molar-refractivity contribution in [3.05, 3.63) is 52.1 Å². The molecule has 0 saturated heterocycles. The number of carbonyl (C=O) groups excluding carboxylic acids is 1. The van der Waals surface area contributed by atoms with E-state index in [0.717, 1.165) is 52.9 Å². The number of hydrogen-bond donors (Lipinski definition) is 1. The summed E-state index contributed by atoms with van der Waals surface area (Å²) >= 11 is 3.55. The summed E-state index contributed by atoms with van der Waals surface area (Å²) in [6.45, 7) is 0. The first kappa shape index (κ1) is 26.4. The SMILES string of the molecule is COc1cc(OC)nc(C(O)(CC=O)C(CC2CCCCC2)c2cc3cc(Br)ccc3nc2OC)c1. The van der Waals surface area contributed by atoms with Crippen molar-refractivity contribution < 1.29 is 24.1 Å². The van der Waals surface area contributed by atoms with Gasteiger partial charge in [-0.25, -0.2) is 9.97 Å². The smallest absolute Gasteiger partial charge is 0.217 e. The molecule has 2 heterocycles. The number of hydrogen-bond acceptors (Lipinski definition) is 7. The van der Waals surface area contributed by atoms with Gasteiger partial charge in [-0.1, -0.05) is 48.0 Å². The largest absolute Gasteiger partial charge is 0.496 e. The number of benzene rings is 1. The van der Waals surface area contributed by atoms with Gasteiger partial charge in [0.2, 0.25) is 11.8 Å². The van der Waals surface area contributed by atoms with Crippen molar-refractivity contribution >= 4 is 33.1 Å². The quantitative estimate of drug-likeness (QED) is 0.308. The Morgan fingerprint density at radius 3 is 2.50 bits per heavy atom. The van der Waals surface area contributed by atoms with Crippen LogP contribution in [0.4, 0.5) is 0 Å². The molecule has 0 amide bonds. The lowest BCUT2D eigenvalue weighted by atomic mass is 9.71. The average Bonchev–Trinajstić information content (AvgIpc) is 2.91. The number of fused-ring (bicyclic) bond motifs is 1. The van der Waals surface area contributed by atoms with Crippen molar-refractivity contribution in [3.8, 4) is 17.5 Å². The van der Waals surface area contributed by atoms with E-state index >= 15 is 0 Å². The van der Waals surface area contributed by atoms with E-state index in [1.54, 1.807) is 26.4 Å². The van der Waals surface area contributed by atoms with Gasteiger partial charge in [0.15, 0.2) is 0 Å². The third-order valence-corrected chi connectivity index (χ3v) is 7.76. The fourth-order valence-electron chi connectivity index (χ4n) is 5.37. The molecule has 4 rings (SSSR count). The summed E-state index contributed by atoms with van der Waals surface area (Å²) in [7, 11) is 4.64. The van der Waals surface area contributed by atoms with Gasteiger partial charge in [-0.15, -0.1) is 0 Å². The van der Waals surface area contributed by atoms with Crippen molar-refractivity contribution in [3.63, 3.8) is 0 Å². The van der Waals surface area contributed by atoms with E-state index in [1.165, 1.54) is 13.5 Å². The number of ether oxygens (including phenoxy) is 3. The predicted octanol–water partition coefficient (Wildman–Crippen LogP) is 5.95. The zero-order chi connectivity index (χ0) is 25.7. The highest BCUT2D eigenvalue weighted by molar-refractivity contribution is 9.10. The van der Waals surface area contributed by atoms with Gasteiger partial charge < -0.3 is 24.1 Å². The topological polar surface area (TPSA) is 90.8 Å². The maximum atomic E-state index is 12.4. The van der Waals surface area contributed by atoms with Crippen LogP contribution in [0, 0.1) is 5.92 Å². The molecular formula is C28H33BrN2O5. The minimum absolute atomic E-state index is 0.145. The van der Waals surface area contributed by atoms with Crippen LogP contribution in [0.25, 0.3) is 10.9 Å². The summed E-state index contributed by atoms with van der Waals surface area (Å²) in [6.07, 6.45) is 6.98. The molecule has 2 atom stereocenters. The summed E-state index contributed by atoms with van der Waals surface area (Å²) in [6, 6.07) is 11.2. The Balaban J connectivity index is 1.94. The van der Waals surface area contributed by atoms with Crippen LogP contribution in [0.3, 0.4) is 0 Å². The van der Waals surface area contributed by atoms with E-state index in [-0.39, 0.29) is 6.42 Å². The second-order valence-electron chi connectivity index (χ2n) is 9.45. The zero-order valence-electron chi connectivity index (χ0n) is 21.0. The molecule has 3 aromatic rings.